The molecule has 32 N–H and O–H groups in total. The summed E-state index contributed by atoms with van der Waals surface area (Å²) in [5, 5.41) is 315. The molecule has 10 aliphatic heterocycles. The number of amides is 5. The van der Waals surface area contributed by atoms with Crippen molar-refractivity contribution >= 4 is 29.5 Å². The molecule has 0 spiro atoms. The molecule has 728 valence electrons. The Kier molecular flexibility index (Phi) is 37.4. The van der Waals surface area contributed by atoms with Crippen LogP contribution in [0.15, 0.2) is 0 Å². The molecule has 10 rings (SSSR count). The van der Waals surface area contributed by atoms with Crippen molar-refractivity contribution in [1.82, 2.24) is 26.6 Å². The first-order valence-electron chi connectivity index (χ1n) is 40.1. The van der Waals surface area contributed by atoms with Gasteiger partial charge in [0.2, 0.25) is 29.5 Å². The van der Waals surface area contributed by atoms with Gasteiger partial charge in [-0.15, -0.1) is 0 Å². The Morgan fingerprint density at radius 1 is 0.206 bits per heavy atom. The van der Waals surface area contributed by atoms with Crippen molar-refractivity contribution in [2.24, 2.45) is 0 Å². The summed E-state index contributed by atoms with van der Waals surface area (Å²) in [6.45, 7) is -6.90. The zero-order valence-corrected chi connectivity index (χ0v) is 67.8. The molecule has 50 atom stereocenters. The highest BCUT2D eigenvalue weighted by Crippen LogP contribution is 2.42. The quantitative estimate of drug-likeness (QED) is 0.0290. The van der Waals surface area contributed by atoms with E-state index >= 15 is 0 Å². The summed E-state index contributed by atoms with van der Waals surface area (Å²) in [5.41, 5.74) is 0. The van der Waals surface area contributed by atoms with Gasteiger partial charge in [0, 0.05) is 34.6 Å². The topological polar surface area (TPSA) is 867 Å². The van der Waals surface area contributed by atoms with Gasteiger partial charge in [0.05, 0.1) is 66.1 Å². The maximum absolute atomic E-state index is 13.4. The predicted octanol–water partition coefficient (Wildman–Crippen LogP) is -22.1. The van der Waals surface area contributed by atoms with E-state index in [1.54, 1.807) is 0 Å². The predicted molar refractivity (Wildman–Crippen MR) is 388 cm³/mol. The number of rotatable bonds is 33. The average Bonchev–Trinajstić information content (AvgIpc) is 0.771. The number of hydrogen-bond donors (Lipinski definition) is 32. The molecule has 0 aromatic heterocycles. The zero-order valence-electron chi connectivity index (χ0n) is 67.8. The number of carbonyl (C=O) groups excluding carboxylic acids is 5. The number of carbonyl (C=O) groups is 5. The molecule has 0 aliphatic carbocycles. The van der Waals surface area contributed by atoms with E-state index in [1.165, 1.54) is 0 Å². The number of ether oxygens (including phenoxy) is 19. The van der Waals surface area contributed by atoms with Crippen LogP contribution in [0.1, 0.15) is 34.6 Å². The Morgan fingerprint density at radius 3 is 0.873 bits per heavy atom. The van der Waals surface area contributed by atoms with Crippen LogP contribution < -0.4 is 26.6 Å². The van der Waals surface area contributed by atoms with Crippen molar-refractivity contribution in [2.45, 2.75) is 341 Å². The minimum atomic E-state index is -2.71. The summed E-state index contributed by atoms with van der Waals surface area (Å²) in [7, 11) is 0. The molecule has 5 amide bonds. The molecule has 10 aliphatic rings. The summed E-state index contributed by atoms with van der Waals surface area (Å²) in [5.74, 6) is -4.73. The first-order valence-corrected chi connectivity index (χ1v) is 40.1. The fourth-order valence-electron chi connectivity index (χ4n) is 16.3. The van der Waals surface area contributed by atoms with Crippen LogP contribution in [0.25, 0.3) is 0 Å². The third-order valence-corrected chi connectivity index (χ3v) is 22.9. The highest BCUT2D eigenvalue weighted by molar-refractivity contribution is 5.75. The van der Waals surface area contributed by atoms with Crippen LogP contribution in [-0.2, 0) is 114 Å². The number of hydrogen-bond acceptors (Lipinski definition) is 51. The zero-order chi connectivity index (χ0) is 92.8. The summed E-state index contributed by atoms with van der Waals surface area (Å²) in [4.78, 5) is 64.6. The van der Waals surface area contributed by atoms with E-state index in [2.05, 4.69) is 26.6 Å². The van der Waals surface area contributed by atoms with Crippen molar-refractivity contribution in [2.75, 3.05) is 66.1 Å². The Labute approximate surface area is 713 Å². The van der Waals surface area contributed by atoms with E-state index in [0.29, 0.717) is 0 Å². The van der Waals surface area contributed by atoms with Gasteiger partial charge in [-0.1, -0.05) is 0 Å². The standard InChI is InChI=1S/C70H117N5O51/c1-16(85)71-31-43(97)53(26(11-81)109-61(31)107)119-63-33(73-18(3)87)44(98)55(28(13-83)115-63)122-68-52(106)58(41(95)30(118-68)15-108-69-59(48(102)39(93)24(9-79)114-69)125-62-32(72-17(2)86)42(96)36(90)21(6-76)110-62)124-70-60(126-64-34(74-19(4)88)45(99)54(27(12-82)116-64)121-66-49(103)46(100)37(91)22(7-77)112-66)51(105)56(29(14-84)117-70)120-65-35(75-20(5)89)57(40(94)25(10-80)111-65)123-67-50(104)47(101)38(92)23(8-78)113-67/h21-70,76-84,90-107H,6-15H2,1-5H3,(H,71,85)(H,72,86)(H,73,87)(H,74,88)(H,75,89)/t21-,22-,23-,24-,25-,26-,27-,28-,29-,30-,31-,32-,33-,34-,35-,36-,37+,38+,39-,40-,41-,42-,43-,44-,45-,46+,47+,48+,49-,50-,51+,52+,53-,54-,55-,56-,57-,58+,59+,60+,61-,62+,63+,64+,65+,66+,67+,68+,69+,70-/m1/s1. The summed E-state index contributed by atoms with van der Waals surface area (Å²) < 4.78 is 114. The third kappa shape index (κ3) is 22.9. The summed E-state index contributed by atoms with van der Waals surface area (Å²) in [6, 6.07) is -9.60. The minimum absolute atomic E-state index is 0.814. The SMILES string of the molecule is CC(=O)N[C@@H]1[C@@H](O)[C@H](O[C@@H]2O[C@H](CO)[C@@H](O[C@@H]3O[C@H](CO[C@H]4O[C@H](CO)[C@@H](O)[C@H](O)[C@@H]4O[C@@H]4O[C@H](CO)[C@@H](O)[C@H](O)[C@H]4NC(C)=O)[C@@H](O)[C@H](O[C@H]4O[C@H](CO)[C@@H](O[C@@H]5O[C@H](CO)[C@@H](O)[C@H](O[C@@H]6O[C@H](CO)[C@H](O)[C@H](O)[C@H]6O)[C@H]5NC(C)=O)[C@H](O)[C@@H]4O[C@@H]4O[C@H](CO)[C@@H](O[C@@H]5O[C@H](CO)[C@H](O)[C@H](O)[C@H]5O)[C@H](O)[C@H]4NC(C)=O)[C@@H]3O)[C@H](O)[C@H]2NC(C)=O)[C@@H](CO)O[C@H]1O. The first kappa shape index (κ1) is 104. The lowest BCUT2D eigenvalue weighted by molar-refractivity contribution is -0.406. The van der Waals surface area contributed by atoms with E-state index in [4.69, 9.17) is 90.0 Å². The summed E-state index contributed by atoms with van der Waals surface area (Å²) >= 11 is 0. The molecule has 10 fully saturated rings. The van der Waals surface area contributed by atoms with Crippen LogP contribution >= 0.6 is 0 Å². The highest BCUT2D eigenvalue weighted by Gasteiger charge is 2.63. The van der Waals surface area contributed by atoms with E-state index < -0.39 is 402 Å². The van der Waals surface area contributed by atoms with Crippen LogP contribution in [0.2, 0.25) is 0 Å². The van der Waals surface area contributed by atoms with E-state index in [0.717, 1.165) is 34.6 Å². The molecule has 10 heterocycles. The largest absolute Gasteiger partial charge is 0.394 e. The lowest BCUT2D eigenvalue weighted by Gasteiger charge is -2.52. The molecule has 0 aromatic carbocycles. The second kappa shape index (κ2) is 45.5. The van der Waals surface area contributed by atoms with Gasteiger partial charge in [-0.2, -0.15) is 0 Å². The number of aliphatic hydroxyl groups excluding tert-OH is 27. The molecular formula is C70H117N5O51. The maximum Gasteiger partial charge on any atom is 0.217 e. The smallest absolute Gasteiger partial charge is 0.217 e. The van der Waals surface area contributed by atoms with Crippen molar-refractivity contribution in [3.63, 3.8) is 0 Å². The fourth-order valence-corrected chi connectivity index (χ4v) is 16.3. The first-order chi connectivity index (χ1) is 59.6. The van der Waals surface area contributed by atoms with Gasteiger partial charge in [-0.3, -0.25) is 24.0 Å². The van der Waals surface area contributed by atoms with E-state index in [9.17, 15) is 162 Å². The second-order valence-electron chi connectivity index (χ2n) is 31.7. The van der Waals surface area contributed by atoms with Crippen molar-refractivity contribution in [3.8, 4) is 0 Å². The van der Waals surface area contributed by atoms with Gasteiger partial charge < -0.3 is 254 Å². The molecule has 56 nitrogen and oxygen atoms in total. The molecule has 56 heteroatoms. The van der Waals surface area contributed by atoms with Crippen LogP contribution in [0, 0.1) is 0 Å². The number of aliphatic hydroxyl groups is 27. The molecular weight excluding hydrogens is 1730 g/mol. The molecule has 0 saturated carbocycles. The van der Waals surface area contributed by atoms with Gasteiger partial charge in [-0.25, -0.2) is 0 Å². The maximum atomic E-state index is 13.4. The number of nitrogens with one attached hydrogen (secondary N) is 5. The van der Waals surface area contributed by atoms with Crippen molar-refractivity contribution < 1.29 is 252 Å². The third-order valence-electron chi connectivity index (χ3n) is 22.9. The van der Waals surface area contributed by atoms with Crippen LogP contribution in [0.3, 0.4) is 0 Å². The van der Waals surface area contributed by atoms with Crippen LogP contribution in [0.4, 0.5) is 0 Å². The monoisotopic (exact) mass is 1840 g/mol. The van der Waals surface area contributed by atoms with Crippen LogP contribution in [-0.4, -0.2) is 540 Å². The van der Waals surface area contributed by atoms with Gasteiger partial charge in [-0.05, 0) is 0 Å². The molecule has 0 aromatic rings. The van der Waals surface area contributed by atoms with Crippen molar-refractivity contribution in [1.29, 1.82) is 0 Å². The van der Waals surface area contributed by atoms with Gasteiger partial charge in [0.25, 0.3) is 0 Å². The van der Waals surface area contributed by atoms with Gasteiger partial charge in [0.1, 0.15) is 244 Å². The van der Waals surface area contributed by atoms with E-state index in [-0.39, 0.29) is 0 Å². The molecule has 0 unspecified atom stereocenters. The lowest BCUT2D eigenvalue weighted by atomic mass is 9.93. The van der Waals surface area contributed by atoms with Crippen LogP contribution in [0.5, 0.6) is 0 Å². The Balaban J connectivity index is 1.06. The normalized spacial score (nSPS) is 48.4. The van der Waals surface area contributed by atoms with Gasteiger partial charge in [0.15, 0.2) is 62.9 Å². The fraction of sp³-hybridized carbons (Fsp3) is 0.929. The summed E-state index contributed by atoms with van der Waals surface area (Å²) in [6.07, 6.45) is -97.2. The average molecular weight is 1840 g/mol. The van der Waals surface area contributed by atoms with Crippen molar-refractivity contribution in [3.05, 3.63) is 0 Å². The van der Waals surface area contributed by atoms with E-state index in [1.807, 2.05) is 0 Å². The minimum Gasteiger partial charge on any atom is -0.394 e. The molecule has 10 saturated heterocycles. The highest BCUT2D eigenvalue weighted by atomic mass is 16.8. The Hall–Kier alpha value is -4.49. The molecule has 0 bridgehead atoms. The second-order valence-corrected chi connectivity index (χ2v) is 31.7. The Bertz CT molecular complexity index is 3440. The van der Waals surface area contributed by atoms with Gasteiger partial charge >= 0.3 is 0 Å². The Morgan fingerprint density at radius 2 is 0.460 bits per heavy atom. The molecule has 126 heavy (non-hydrogen) atoms. The molecule has 0 radical (unpaired) electrons. The lowest BCUT2D eigenvalue weighted by Crippen LogP contribution is -2.72.